The second kappa shape index (κ2) is 8.63. The van der Waals surface area contributed by atoms with Gasteiger partial charge in [-0.15, -0.1) is 0 Å². The zero-order valence-electron chi connectivity index (χ0n) is 15.1. The third-order valence-corrected chi connectivity index (χ3v) is 6.01. The van der Waals surface area contributed by atoms with E-state index in [1.165, 1.54) is 26.2 Å². The SMILES string of the molecule is C1CC2CC1O2.COc1ccccc1-c1cc(Br)c(NC(C)=O)c(Br)c1O. The summed E-state index contributed by atoms with van der Waals surface area (Å²) in [5.74, 6) is 0.464. The van der Waals surface area contributed by atoms with Crippen LogP contribution in [0.1, 0.15) is 26.2 Å². The lowest BCUT2D eigenvalue weighted by molar-refractivity contribution is -0.114. The molecule has 5 rings (SSSR count). The van der Waals surface area contributed by atoms with Crippen LogP contribution in [0, 0.1) is 0 Å². The van der Waals surface area contributed by atoms with Crippen molar-refractivity contribution in [3.63, 3.8) is 0 Å². The van der Waals surface area contributed by atoms with Crippen molar-refractivity contribution in [2.45, 2.75) is 38.4 Å². The van der Waals surface area contributed by atoms with Gasteiger partial charge in [0.25, 0.3) is 0 Å². The summed E-state index contributed by atoms with van der Waals surface area (Å²) in [7, 11) is 1.58. The molecule has 2 unspecified atom stereocenters. The molecular weight excluding hydrogens is 478 g/mol. The fourth-order valence-corrected chi connectivity index (χ4v) is 4.59. The highest BCUT2D eigenvalue weighted by Gasteiger charge is 2.36. The molecule has 2 aliphatic heterocycles. The molecule has 2 N–H and O–H groups in total. The minimum absolute atomic E-state index is 0.0338. The van der Waals surface area contributed by atoms with Gasteiger partial charge in [0.05, 0.1) is 29.5 Å². The number of aromatic hydroxyl groups is 1. The zero-order valence-corrected chi connectivity index (χ0v) is 18.3. The maximum absolute atomic E-state index is 11.2. The maximum Gasteiger partial charge on any atom is 0.221 e. The third kappa shape index (κ3) is 4.47. The molecule has 2 bridgehead atoms. The Kier molecular flexibility index (Phi) is 6.44. The predicted molar refractivity (Wildman–Crippen MR) is 112 cm³/mol. The number of ether oxygens (including phenoxy) is 2. The van der Waals surface area contributed by atoms with Crippen LogP contribution in [0.15, 0.2) is 39.3 Å². The van der Waals surface area contributed by atoms with Gasteiger partial charge in [-0.2, -0.15) is 0 Å². The summed E-state index contributed by atoms with van der Waals surface area (Å²) < 4.78 is 11.6. The average molecular weight is 499 g/mol. The molecule has 1 aliphatic carbocycles. The van der Waals surface area contributed by atoms with Crippen LogP contribution in [0.25, 0.3) is 11.1 Å². The second-order valence-corrected chi connectivity index (χ2v) is 8.17. The van der Waals surface area contributed by atoms with Crippen LogP contribution in [-0.4, -0.2) is 30.3 Å². The molecule has 3 fully saturated rings. The quantitative estimate of drug-likeness (QED) is 0.587. The van der Waals surface area contributed by atoms with E-state index in [4.69, 9.17) is 9.47 Å². The van der Waals surface area contributed by atoms with Crippen LogP contribution in [0.2, 0.25) is 0 Å². The van der Waals surface area contributed by atoms with Crippen LogP contribution in [0.4, 0.5) is 5.69 Å². The molecule has 1 amide bonds. The van der Waals surface area contributed by atoms with Gasteiger partial charge in [-0.1, -0.05) is 18.2 Å². The molecule has 2 aromatic rings. The number of phenols is 1. The smallest absolute Gasteiger partial charge is 0.221 e. The monoisotopic (exact) mass is 497 g/mol. The average Bonchev–Trinajstić information content (AvgIpc) is 3.28. The number of methoxy groups -OCH3 is 1. The number of para-hydroxylation sites is 1. The van der Waals surface area contributed by atoms with Crippen LogP contribution < -0.4 is 10.1 Å². The van der Waals surface area contributed by atoms with Crippen molar-refractivity contribution in [3.8, 4) is 22.6 Å². The maximum atomic E-state index is 11.2. The molecule has 144 valence electrons. The van der Waals surface area contributed by atoms with Gasteiger partial charge in [-0.3, -0.25) is 4.79 Å². The van der Waals surface area contributed by atoms with Gasteiger partial charge in [0.2, 0.25) is 5.91 Å². The minimum Gasteiger partial charge on any atom is -0.506 e. The first kappa shape index (κ1) is 20.2. The third-order valence-electron chi connectivity index (χ3n) is 4.61. The van der Waals surface area contributed by atoms with E-state index in [1.54, 1.807) is 13.2 Å². The Bertz CT molecular complexity index is 837. The van der Waals surface area contributed by atoms with Gasteiger partial charge in [0, 0.05) is 22.5 Å². The van der Waals surface area contributed by atoms with Crippen molar-refractivity contribution in [1.29, 1.82) is 0 Å². The topological polar surface area (TPSA) is 67.8 Å². The number of halogens is 2. The summed E-state index contributed by atoms with van der Waals surface area (Å²) >= 11 is 6.73. The Morgan fingerprint density at radius 3 is 2.37 bits per heavy atom. The Hall–Kier alpha value is -1.57. The van der Waals surface area contributed by atoms with E-state index in [0.717, 1.165) is 5.56 Å². The van der Waals surface area contributed by atoms with E-state index in [9.17, 15) is 9.90 Å². The fraction of sp³-hybridized carbons (Fsp3) is 0.350. The number of carbonyl (C=O) groups excluding carboxylic acids is 1. The number of carbonyl (C=O) groups is 1. The number of rotatable bonds is 3. The molecule has 3 aliphatic rings. The number of phenolic OH excluding ortho intramolecular Hbond substituents is 1. The summed E-state index contributed by atoms with van der Waals surface area (Å²) in [5.41, 5.74) is 1.84. The van der Waals surface area contributed by atoms with E-state index in [2.05, 4.69) is 37.2 Å². The van der Waals surface area contributed by atoms with Crippen LogP contribution in [-0.2, 0) is 9.53 Å². The van der Waals surface area contributed by atoms with E-state index in [-0.39, 0.29) is 11.7 Å². The van der Waals surface area contributed by atoms with Crippen molar-refractivity contribution in [2.75, 3.05) is 12.4 Å². The number of hydrogen-bond acceptors (Lipinski definition) is 4. The van der Waals surface area contributed by atoms with Gasteiger partial charge >= 0.3 is 0 Å². The van der Waals surface area contributed by atoms with Gasteiger partial charge in [-0.05, 0) is 63.3 Å². The first-order valence-corrected chi connectivity index (χ1v) is 10.3. The van der Waals surface area contributed by atoms with Crippen LogP contribution in [0.5, 0.6) is 11.5 Å². The van der Waals surface area contributed by atoms with Crippen LogP contribution >= 0.6 is 31.9 Å². The summed E-state index contributed by atoms with van der Waals surface area (Å²) in [6.45, 7) is 1.41. The Morgan fingerprint density at radius 1 is 1.22 bits per heavy atom. The minimum atomic E-state index is -0.221. The van der Waals surface area contributed by atoms with E-state index in [0.29, 0.717) is 38.2 Å². The zero-order chi connectivity index (χ0) is 19.6. The highest BCUT2D eigenvalue weighted by molar-refractivity contribution is 9.11. The van der Waals surface area contributed by atoms with Crippen LogP contribution in [0.3, 0.4) is 0 Å². The van der Waals surface area contributed by atoms with E-state index < -0.39 is 0 Å². The molecule has 27 heavy (non-hydrogen) atoms. The van der Waals surface area contributed by atoms with Crippen molar-refractivity contribution >= 4 is 43.5 Å². The summed E-state index contributed by atoms with van der Waals surface area (Å²) in [6.07, 6.45) is 5.42. The molecule has 1 saturated carbocycles. The molecule has 2 aromatic carbocycles. The first-order chi connectivity index (χ1) is 12.9. The van der Waals surface area contributed by atoms with Crippen molar-refractivity contribution < 1.29 is 19.4 Å². The highest BCUT2D eigenvalue weighted by atomic mass is 79.9. The molecular formula is C20H21Br2NO4. The van der Waals surface area contributed by atoms with Gasteiger partial charge in [0.1, 0.15) is 11.5 Å². The number of amides is 1. The number of benzene rings is 2. The summed E-state index contributed by atoms with van der Waals surface area (Å²) in [5, 5.41) is 13.1. The molecule has 0 aromatic heterocycles. The Morgan fingerprint density at radius 2 is 1.85 bits per heavy atom. The number of nitrogens with one attached hydrogen (secondary N) is 1. The molecule has 0 radical (unpaired) electrons. The van der Waals surface area contributed by atoms with Crippen molar-refractivity contribution in [1.82, 2.24) is 0 Å². The first-order valence-electron chi connectivity index (χ1n) is 8.68. The van der Waals surface area contributed by atoms with Crippen molar-refractivity contribution in [2.24, 2.45) is 0 Å². The summed E-state index contributed by atoms with van der Waals surface area (Å²) in [4.78, 5) is 11.2. The standard InChI is InChI=1S/C15H13Br2NO3.C5H8O/c1-8(19)18-14-11(16)7-10(15(20)13(14)17)9-5-3-4-6-12(9)21-2;1-2-5-3-4(1)6-5/h3-7,20H,1-2H3,(H,18,19);4-5H,1-3H2. The summed E-state index contributed by atoms with van der Waals surface area (Å²) in [6, 6.07) is 9.13. The lowest BCUT2D eigenvalue weighted by Gasteiger charge is -2.23. The van der Waals surface area contributed by atoms with Gasteiger partial charge < -0.3 is 19.9 Å². The molecule has 2 saturated heterocycles. The predicted octanol–water partition coefficient (Wildman–Crippen LogP) is 5.49. The molecule has 2 heterocycles. The Balaban J connectivity index is 0.000000290. The van der Waals surface area contributed by atoms with Crippen molar-refractivity contribution in [3.05, 3.63) is 39.3 Å². The number of fused-ring (bicyclic) bond motifs is 1. The normalized spacial score (nSPS) is 19.6. The molecule has 2 atom stereocenters. The fourth-order valence-electron chi connectivity index (χ4n) is 3.27. The number of hydrogen-bond donors (Lipinski definition) is 2. The lowest BCUT2D eigenvalue weighted by atomic mass is 10.0. The molecule has 5 nitrogen and oxygen atoms in total. The lowest BCUT2D eigenvalue weighted by Crippen LogP contribution is -2.25. The van der Waals surface area contributed by atoms with Gasteiger partial charge in [-0.25, -0.2) is 0 Å². The number of anilines is 1. The second-order valence-electron chi connectivity index (χ2n) is 6.52. The van der Waals surface area contributed by atoms with Gasteiger partial charge in [0.15, 0.2) is 0 Å². The van der Waals surface area contributed by atoms with E-state index in [1.807, 2.05) is 24.3 Å². The highest BCUT2D eigenvalue weighted by Crippen LogP contribution is 2.46. The molecule has 0 spiro atoms. The molecule has 7 heteroatoms. The Labute approximate surface area is 175 Å². The van der Waals surface area contributed by atoms with E-state index >= 15 is 0 Å². The largest absolute Gasteiger partial charge is 0.506 e.